The zero-order valence-electron chi connectivity index (χ0n) is 14.6. The Morgan fingerprint density at radius 1 is 1.04 bits per heavy atom. The summed E-state index contributed by atoms with van der Waals surface area (Å²) in [5.74, 6) is -0.811. The van der Waals surface area contributed by atoms with Crippen LogP contribution < -0.4 is 4.90 Å². The minimum atomic E-state index is -3.55. The van der Waals surface area contributed by atoms with E-state index < -0.39 is 15.3 Å². The Labute approximate surface area is 153 Å². The van der Waals surface area contributed by atoms with Gasteiger partial charge in [0.15, 0.2) is 9.84 Å². The van der Waals surface area contributed by atoms with Crippen LogP contribution in [0.15, 0.2) is 65.6 Å². The average Bonchev–Trinajstić information content (AvgIpc) is 2.99. The molecule has 1 saturated heterocycles. The van der Waals surface area contributed by atoms with Crippen LogP contribution in [0.5, 0.6) is 0 Å². The molecule has 3 rings (SSSR count). The summed E-state index contributed by atoms with van der Waals surface area (Å²) in [6.07, 6.45) is 0.335. The first-order chi connectivity index (χ1) is 12.4. The third-order valence-corrected chi connectivity index (χ3v) is 6.79. The van der Waals surface area contributed by atoms with Crippen LogP contribution in [0.25, 0.3) is 0 Å². The molecule has 0 bridgehead atoms. The first-order valence-electron chi connectivity index (χ1n) is 8.53. The van der Waals surface area contributed by atoms with Crippen LogP contribution in [0.3, 0.4) is 0 Å². The second kappa shape index (κ2) is 7.03. The van der Waals surface area contributed by atoms with Gasteiger partial charge in [-0.3, -0.25) is 9.59 Å². The second-order valence-electron chi connectivity index (χ2n) is 6.56. The number of Topliss-reactive ketones (excluding diaryl/α,β-unsaturated/α-hetero) is 1. The molecule has 0 aliphatic carbocycles. The Bertz CT molecular complexity index is 909. The van der Waals surface area contributed by atoms with Gasteiger partial charge in [0.1, 0.15) is 11.2 Å². The number of rotatable bonds is 6. The lowest BCUT2D eigenvalue weighted by Crippen LogP contribution is -2.41. The van der Waals surface area contributed by atoms with Gasteiger partial charge in [0, 0.05) is 12.2 Å². The third-order valence-electron chi connectivity index (χ3n) is 5.06. The molecular formula is C20H21NO4S. The molecule has 0 aromatic heterocycles. The molecule has 136 valence electrons. The number of hydrogen-bond acceptors (Lipinski definition) is 4. The summed E-state index contributed by atoms with van der Waals surface area (Å²) < 4.78 is 25.2. The fourth-order valence-electron chi connectivity index (χ4n) is 3.41. The molecular weight excluding hydrogens is 350 g/mol. The quantitative estimate of drug-likeness (QED) is 0.732. The molecule has 0 radical (unpaired) electrons. The topological polar surface area (TPSA) is 71.5 Å². The van der Waals surface area contributed by atoms with Crippen molar-refractivity contribution < 1.29 is 18.0 Å². The zero-order chi connectivity index (χ0) is 18.8. The van der Waals surface area contributed by atoms with Crippen molar-refractivity contribution in [2.24, 2.45) is 5.41 Å². The van der Waals surface area contributed by atoms with Gasteiger partial charge in [-0.05, 0) is 44.0 Å². The molecule has 1 atom stereocenters. The fraction of sp³-hybridized carbons (Fsp3) is 0.300. The van der Waals surface area contributed by atoms with Crippen molar-refractivity contribution in [1.29, 1.82) is 0 Å². The van der Waals surface area contributed by atoms with Crippen molar-refractivity contribution in [2.75, 3.05) is 17.2 Å². The Balaban J connectivity index is 1.84. The molecule has 2 aromatic rings. The van der Waals surface area contributed by atoms with Gasteiger partial charge in [-0.2, -0.15) is 0 Å². The normalized spacial score (nSPS) is 20.3. The van der Waals surface area contributed by atoms with Crippen LogP contribution in [0.2, 0.25) is 0 Å². The summed E-state index contributed by atoms with van der Waals surface area (Å²) in [4.78, 5) is 27.2. The number of anilines is 1. The van der Waals surface area contributed by atoms with Gasteiger partial charge >= 0.3 is 0 Å². The molecule has 1 unspecified atom stereocenters. The van der Waals surface area contributed by atoms with E-state index in [0.29, 0.717) is 13.0 Å². The minimum absolute atomic E-state index is 0.00171. The molecule has 6 heteroatoms. The van der Waals surface area contributed by atoms with Crippen LogP contribution in [0.1, 0.15) is 19.8 Å². The largest absolute Gasteiger partial charge is 0.312 e. The number of carbonyl (C=O) groups excluding carboxylic acids is 2. The lowest BCUT2D eigenvalue weighted by molar-refractivity contribution is -0.137. The monoisotopic (exact) mass is 371 g/mol. The summed E-state index contributed by atoms with van der Waals surface area (Å²) in [6.45, 7) is 1.79. The van der Waals surface area contributed by atoms with E-state index in [1.165, 1.54) is 19.1 Å². The molecule has 26 heavy (non-hydrogen) atoms. The number of sulfone groups is 1. The van der Waals surface area contributed by atoms with Crippen LogP contribution >= 0.6 is 0 Å². The fourth-order valence-corrected chi connectivity index (χ4v) is 4.84. The van der Waals surface area contributed by atoms with Crippen LogP contribution in [0.4, 0.5) is 5.69 Å². The van der Waals surface area contributed by atoms with Crippen molar-refractivity contribution in [3.8, 4) is 0 Å². The SMILES string of the molecule is CC(=O)C1(CCS(=O)(=O)c2ccccc2)CCN(c2ccccc2)C1=O. The van der Waals surface area contributed by atoms with Crippen LogP contribution in [-0.2, 0) is 19.4 Å². The molecule has 0 N–H and O–H groups in total. The maximum atomic E-state index is 13.0. The number of amides is 1. The van der Waals surface area contributed by atoms with Crippen molar-refractivity contribution in [1.82, 2.24) is 0 Å². The van der Waals surface area contributed by atoms with Gasteiger partial charge in [0.2, 0.25) is 5.91 Å². The van der Waals surface area contributed by atoms with Crippen molar-refractivity contribution in [2.45, 2.75) is 24.7 Å². The van der Waals surface area contributed by atoms with Crippen molar-refractivity contribution >= 4 is 27.2 Å². The van der Waals surface area contributed by atoms with Gasteiger partial charge in [-0.15, -0.1) is 0 Å². The molecule has 0 saturated carbocycles. The first-order valence-corrected chi connectivity index (χ1v) is 10.2. The maximum absolute atomic E-state index is 13.0. The summed E-state index contributed by atoms with van der Waals surface area (Å²) in [7, 11) is -3.55. The van der Waals surface area contributed by atoms with Gasteiger partial charge < -0.3 is 4.90 Å². The molecule has 1 aliphatic heterocycles. The summed E-state index contributed by atoms with van der Waals surface area (Å²) in [5, 5.41) is 0. The van der Waals surface area contributed by atoms with Gasteiger partial charge in [-0.25, -0.2) is 8.42 Å². The average molecular weight is 371 g/mol. The highest BCUT2D eigenvalue weighted by Crippen LogP contribution is 2.39. The van der Waals surface area contributed by atoms with Gasteiger partial charge in [-0.1, -0.05) is 36.4 Å². The number of benzene rings is 2. The molecule has 0 spiro atoms. The standard InChI is InChI=1S/C20H21NO4S/c1-16(22)20(13-15-26(24,25)18-10-6-3-7-11-18)12-14-21(19(20)23)17-8-4-2-5-9-17/h2-11H,12-15H2,1H3. The highest BCUT2D eigenvalue weighted by atomic mass is 32.2. The van der Waals surface area contributed by atoms with Crippen LogP contribution in [-0.4, -0.2) is 32.4 Å². The smallest absolute Gasteiger partial charge is 0.240 e. The lowest BCUT2D eigenvalue weighted by Gasteiger charge is -2.25. The van der Waals surface area contributed by atoms with E-state index in [4.69, 9.17) is 0 Å². The molecule has 1 heterocycles. The maximum Gasteiger partial charge on any atom is 0.240 e. The number of hydrogen-bond donors (Lipinski definition) is 0. The van der Waals surface area contributed by atoms with E-state index in [2.05, 4.69) is 0 Å². The van der Waals surface area contributed by atoms with Crippen molar-refractivity contribution in [3.63, 3.8) is 0 Å². The van der Waals surface area contributed by atoms with E-state index in [-0.39, 0.29) is 28.8 Å². The molecule has 1 fully saturated rings. The molecule has 2 aromatic carbocycles. The predicted molar refractivity (Wildman–Crippen MR) is 99.6 cm³/mol. The van der Waals surface area contributed by atoms with E-state index in [1.54, 1.807) is 23.1 Å². The summed E-state index contributed by atoms with van der Waals surface area (Å²) >= 11 is 0. The van der Waals surface area contributed by atoms with E-state index >= 15 is 0 Å². The number of ketones is 1. The number of carbonyl (C=O) groups is 2. The highest BCUT2D eigenvalue weighted by molar-refractivity contribution is 7.91. The first kappa shape index (κ1) is 18.3. The lowest BCUT2D eigenvalue weighted by atomic mass is 9.80. The summed E-state index contributed by atoms with van der Waals surface area (Å²) in [5.41, 5.74) is -0.538. The Hall–Kier alpha value is -2.47. The highest BCUT2D eigenvalue weighted by Gasteiger charge is 2.51. The van der Waals surface area contributed by atoms with Gasteiger partial charge in [0.25, 0.3) is 0 Å². The van der Waals surface area contributed by atoms with E-state index in [9.17, 15) is 18.0 Å². The predicted octanol–water partition coefficient (Wildman–Crippen LogP) is 2.86. The Morgan fingerprint density at radius 3 is 2.19 bits per heavy atom. The zero-order valence-corrected chi connectivity index (χ0v) is 15.4. The molecule has 1 aliphatic rings. The number of nitrogens with zero attached hydrogens (tertiary/aromatic N) is 1. The second-order valence-corrected chi connectivity index (χ2v) is 8.67. The number of para-hydroxylation sites is 1. The summed E-state index contributed by atoms with van der Waals surface area (Å²) in [6, 6.07) is 17.3. The van der Waals surface area contributed by atoms with E-state index in [1.807, 2.05) is 30.3 Å². The Kier molecular flexibility index (Phi) is 4.96. The van der Waals surface area contributed by atoms with Crippen LogP contribution in [0, 0.1) is 5.41 Å². The molecule has 1 amide bonds. The Morgan fingerprint density at radius 2 is 1.62 bits per heavy atom. The third kappa shape index (κ3) is 3.29. The van der Waals surface area contributed by atoms with E-state index in [0.717, 1.165) is 5.69 Å². The minimum Gasteiger partial charge on any atom is -0.312 e. The molecule has 5 nitrogen and oxygen atoms in total. The van der Waals surface area contributed by atoms with Crippen molar-refractivity contribution in [3.05, 3.63) is 60.7 Å². The van der Waals surface area contributed by atoms with Gasteiger partial charge in [0.05, 0.1) is 10.6 Å².